The first kappa shape index (κ1) is 16.2. The Morgan fingerprint density at radius 1 is 1.25 bits per heavy atom. The molecule has 6 heteroatoms. The van der Waals surface area contributed by atoms with Crippen LogP contribution >= 0.6 is 0 Å². The summed E-state index contributed by atoms with van der Waals surface area (Å²) in [7, 11) is -3.12. The number of likely N-dealkylation sites (tertiary alicyclic amines) is 1. The van der Waals surface area contributed by atoms with Crippen molar-refractivity contribution in [2.45, 2.75) is 45.1 Å². The lowest BCUT2D eigenvalue weighted by atomic mass is 10.0. The lowest BCUT2D eigenvalue weighted by Crippen LogP contribution is -2.46. The topological polar surface area (TPSA) is 61.4 Å². The van der Waals surface area contributed by atoms with Gasteiger partial charge in [0.15, 0.2) is 0 Å². The molecule has 0 aromatic heterocycles. The van der Waals surface area contributed by atoms with Crippen molar-refractivity contribution in [2.24, 2.45) is 5.92 Å². The van der Waals surface area contributed by atoms with E-state index in [-0.39, 0.29) is 17.7 Å². The molecule has 2 saturated heterocycles. The molecule has 0 amide bonds. The van der Waals surface area contributed by atoms with Crippen molar-refractivity contribution in [2.75, 3.05) is 38.5 Å². The van der Waals surface area contributed by atoms with Gasteiger partial charge in [-0.25, -0.2) is 13.1 Å². The van der Waals surface area contributed by atoms with Gasteiger partial charge in [0.05, 0.1) is 5.75 Å². The first-order valence-corrected chi connectivity index (χ1v) is 9.67. The fraction of sp³-hybridized carbons (Fsp3) is 1.00. The minimum Gasteiger partial charge on any atom is -0.316 e. The van der Waals surface area contributed by atoms with E-state index in [2.05, 4.69) is 21.9 Å². The van der Waals surface area contributed by atoms with Gasteiger partial charge in [-0.05, 0) is 70.7 Å². The summed E-state index contributed by atoms with van der Waals surface area (Å²) in [5, 5.41) is 3.28. The maximum Gasteiger partial charge on any atom is 0.212 e. The summed E-state index contributed by atoms with van der Waals surface area (Å²) < 4.78 is 27.4. The lowest BCUT2D eigenvalue weighted by molar-refractivity contribution is 0.207. The average Bonchev–Trinajstić information content (AvgIpc) is 2.41. The monoisotopic (exact) mass is 303 g/mol. The highest BCUT2D eigenvalue weighted by molar-refractivity contribution is 7.89. The minimum atomic E-state index is -3.12. The molecule has 5 nitrogen and oxygen atoms in total. The summed E-state index contributed by atoms with van der Waals surface area (Å²) in [6.45, 7) is 7.23. The third-order valence-electron chi connectivity index (χ3n) is 4.33. The van der Waals surface area contributed by atoms with Crippen LogP contribution in [0.1, 0.15) is 39.0 Å². The molecule has 0 aromatic rings. The van der Waals surface area contributed by atoms with Crippen molar-refractivity contribution >= 4 is 10.0 Å². The van der Waals surface area contributed by atoms with E-state index in [1.54, 1.807) is 0 Å². The fourth-order valence-corrected chi connectivity index (χ4v) is 5.01. The van der Waals surface area contributed by atoms with Crippen molar-refractivity contribution in [1.29, 1.82) is 0 Å². The van der Waals surface area contributed by atoms with E-state index in [1.807, 2.05) is 0 Å². The van der Waals surface area contributed by atoms with Crippen LogP contribution in [0.3, 0.4) is 0 Å². The molecule has 2 heterocycles. The van der Waals surface area contributed by atoms with E-state index in [4.69, 9.17) is 0 Å². The van der Waals surface area contributed by atoms with Crippen molar-refractivity contribution in [3.05, 3.63) is 0 Å². The number of piperidine rings is 2. The SMILES string of the molecule is CCCN1CCC(NS(=O)(=O)CC2CCCNC2)CC1. The molecule has 0 saturated carbocycles. The normalized spacial score (nSPS) is 26.8. The van der Waals surface area contributed by atoms with Gasteiger partial charge in [-0.15, -0.1) is 0 Å². The quantitative estimate of drug-likeness (QED) is 0.761. The van der Waals surface area contributed by atoms with E-state index in [0.29, 0.717) is 0 Å². The van der Waals surface area contributed by atoms with Crippen LogP contribution in [0.15, 0.2) is 0 Å². The van der Waals surface area contributed by atoms with Gasteiger partial charge in [-0.1, -0.05) is 6.92 Å². The number of rotatable bonds is 6. The van der Waals surface area contributed by atoms with Gasteiger partial charge in [-0.2, -0.15) is 0 Å². The van der Waals surface area contributed by atoms with Crippen LogP contribution in [0.2, 0.25) is 0 Å². The average molecular weight is 303 g/mol. The van der Waals surface area contributed by atoms with Crippen molar-refractivity contribution in [3.8, 4) is 0 Å². The number of hydrogen-bond acceptors (Lipinski definition) is 4. The predicted octanol–water partition coefficient (Wildman–Crippen LogP) is 0.780. The Balaban J connectivity index is 1.74. The van der Waals surface area contributed by atoms with Crippen molar-refractivity contribution < 1.29 is 8.42 Å². The van der Waals surface area contributed by atoms with Crippen LogP contribution in [0, 0.1) is 5.92 Å². The number of hydrogen-bond donors (Lipinski definition) is 2. The highest BCUT2D eigenvalue weighted by Crippen LogP contribution is 2.15. The molecule has 1 unspecified atom stereocenters. The largest absolute Gasteiger partial charge is 0.316 e. The zero-order valence-electron chi connectivity index (χ0n) is 12.6. The van der Waals surface area contributed by atoms with Gasteiger partial charge in [0.2, 0.25) is 10.0 Å². The number of nitrogens with one attached hydrogen (secondary N) is 2. The Morgan fingerprint density at radius 3 is 2.60 bits per heavy atom. The maximum atomic E-state index is 12.2. The Kier molecular flexibility index (Phi) is 6.26. The summed E-state index contributed by atoms with van der Waals surface area (Å²) in [5.41, 5.74) is 0. The summed E-state index contributed by atoms with van der Waals surface area (Å²) in [4.78, 5) is 2.43. The summed E-state index contributed by atoms with van der Waals surface area (Å²) in [6.07, 6.45) is 5.19. The Bertz CT molecular complexity index is 372. The minimum absolute atomic E-state index is 0.143. The second-order valence-corrected chi connectivity index (χ2v) is 8.03. The van der Waals surface area contributed by atoms with Crippen LogP contribution in [0.25, 0.3) is 0 Å². The van der Waals surface area contributed by atoms with Crippen molar-refractivity contribution in [3.63, 3.8) is 0 Å². The third-order valence-corrected chi connectivity index (χ3v) is 5.93. The third kappa shape index (κ3) is 5.31. The van der Waals surface area contributed by atoms with E-state index in [0.717, 1.165) is 58.4 Å². The highest BCUT2D eigenvalue weighted by atomic mass is 32.2. The van der Waals surface area contributed by atoms with Crippen LogP contribution in [-0.2, 0) is 10.0 Å². The van der Waals surface area contributed by atoms with E-state index in [1.165, 1.54) is 6.42 Å². The Hall–Kier alpha value is -0.170. The van der Waals surface area contributed by atoms with Gasteiger partial charge in [0.1, 0.15) is 0 Å². The Morgan fingerprint density at radius 2 is 2.00 bits per heavy atom. The Labute approximate surface area is 123 Å². The zero-order valence-corrected chi connectivity index (χ0v) is 13.4. The second-order valence-electron chi connectivity index (χ2n) is 6.23. The van der Waals surface area contributed by atoms with Crippen LogP contribution in [0.5, 0.6) is 0 Å². The van der Waals surface area contributed by atoms with E-state index >= 15 is 0 Å². The molecular formula is C14H29N3O2S. The molecule has 118 valence electrons. The smallest absolute Gasteiger partial charge is 0.212 e. The highest BCUT2D eigenvalue weighted by Gasteiger charge is 2.26. The van der Waals surface area contributed by atoms with Crippen LogP contribution in [0.4, 0.5) is 0 Å². The number of sulfonamides is 1. The standard InChI is InChI=1S/C14H29N3O2S/c1-2-8-17-9-5-14(6-10-17)16-20(18,19)12-13-4-3-7-15-11-13/h13-16H,2-12H2,1H3. The van der Waals surface area contributed by atoms with Crippen LogP contribution in [-0.4, -0.2) is 57.8 Å². The molecule has 0 aliphatic carbocycles. The molecule has 2 aliphatic rings. The molecular weight excluding hydrogens is 274 g/mol. The van der Waals surface area contributed by atoms with Gasteiger partial charge < -0.3 is 10.2 Å². The maximum absolute atomic E-state index is 12.2. The van der Waals surface area contributed by atoms with Gasteiger partial charge in [-0.3, -0.25) is 0 Å². The zero-order chi connectivity index (χ0) is 14.4. The molecule has 0 bridgehead atoms. The van der Waals surface area contributed by atoms with E-state index in [9.17, 15) is 8.42 Å². The number of nitrogens with zero attached hydrogens (tertiary/aromatic N) is 1. The molecule has 0 spiro atoms. The van der Waals surface area contributed by atoms with Crippen molar-refractivity contribution in [1.82, 2.24) is 14.9 Å². The van der Waals surface area contributed by atoms with Crippen LogP contribution < -0.4 is 10.0 Å². The molecule has 2 fully saturated rings. The van der Waals surface area contributed by atoms with Gasteiger partial charge >= 0.3 is 0 Å². The van der Waals surface area contributed by atoms with E-state index < -0.39 is 10.0 Å². The molecule has 1 atom stereocenters. The van der Waals surface area contributed by atoms with Gasteiger partial charge in [0.25, 0.3) is 0 Å². The second kappa shape index (κ2) is 7.73. The molecule has 0 radical (unpaired) electrons. The van der Waals surface area contributed by atoms with Gasteiger partial charge in [0, 0.05) is 6.04 Å². The molecule has 2 N–H and O–H groups in total. The first-order chi connectivity index (χ1) is 9.59. The lowest BCUT2D eigenvalue weighted by Gasteiger charge is -2.32. The fourth-order valence-electron chi connectivity index (χ4n) is 3.27. The summed E-state index contributed by atoms with van der Waals surface area (Å²) >= 11 is 0. The molecule has 20 heavy (non-hydrogen) atoms. The predicted molar refractivity (Wildman–Crippen MR) is 82.3 cm³/mol. The summed E-state index contributed by atoms with van der Waals surface area (Å²) in [5.74, 6) is 0.566. The molecule has 2 rings (SSSR count). The summed E-state index contributed by atoms with van der Waals surface area (Å²) in [6, 6.07) is 0.143. The molecule has 0 aromatic carbocycles. The first-order valence-electron chi connectivity index (χ1n) is 8.02. The molecule has 2 aliphatic heterocycles.